The number of benzene rings is 1. The Balaban J connectivity index is 1.77. The van der Waals surface area contributed by atoms with E-state index in [-0.39, 0.29) is 38.4 Å². The van der Waals surface area contributed by atoms with Gasteiger partial charge in [0, 0.05) is 38.3 Å². The molecule has 178 valence electrons. The predicted molar refractivity (Wildman–Crippen MR) is 123 cm³/mol. The summed E-state index contributed by atoms with van der Waals surface area (Å²) in [6.45, 7) is 9.71. The number of nitrogens with zero attached hydrogens (tertiary/aromatic N) is 4. The molecule has 2 heterocycles. The molecule has 0 N–H and O–H groups in total. The number of hydrogen-bond donors (Lipinski definition) is 0. The highest BCUT2D eigenvalue weighted by Crippen LogP contribution is 2.32. The highest BCUT2D eigenvalue weighted by Gasteiger charge is 2.33. The molecule has 0 spiro atoms. The topological polar surface area (TPSA) is 123 Å². The van der Waals surface area contributed by atoms with Gasteiger partial charge in [-0.15, -0.1) is 0 Å². The predicted octanol–water partition coefficient (Wildman–Crippen LogP) is 1.83. The Kier molecular flexibility index (Phi) is 6.75. The lowest BCUT2D eigenvalue weighted by Crippen LogP contribution is -2.51. The fourth-order valence-corrected chi connectivity index (χ4v) is 6.14. The summed E-state index contributed by atoms with van der Waals surface area (Å²) in [4.78, 5) is 36.8. The molecule has 0 radical (unpaired) electrons. The summed E-state index contributed by atoms with van der Waals surface area (Å²) in [7, 11) is -3.75. The number of nitro groups is 1. The molecule has 0 bridgehead atoms. The zero-order chi connectivity index (χ0) is 24.7. The number of rotatable bonds is 5. The van der Waals surface area contributed by atoms with Crippen molar-refractivity contribution in [2.45, 2.75) is 46.1 Å². The number of amides is 1. The summed E-state index contributed by atoms with van der Waals surface area (Å²) in [5.74, 6) is -0.399. The van der Waals surface area contributed by atoms with Gasteiger partial charge in [-0.25, -0.2) is 8.42 Å². The van der Waals surface area contributed by atoms with Crippen LogP contribution < -0.4 is 5.56 Å². The van der Waals surface area contributed by atoms with E-state index in [0.29, 0.717) is 4.90 Å². The number of carbonyl (C=O) groups is 1. The van der Waals surface area contributed by atoms with Gasteiger partial charge in [0.05, 0.1) is 16.0 Å². The summed E-state index contributed by atoms with van der Waals surface area (Å²) in [5.41, 5.74) is 3.65. The fraction of sp³-hybridized carbons (Fsp3) is 0.455. The maximum atomic E-state index is 13.5. The molecule has 2 aromatic rings. The molecule has 0 aliphatic carbocycles. The average molecular weight is 477 g/mol. The molecule has 11 heteroatoms. The third-order valence-electron chi connectivity index (χ3n) is 6.60. The van der Waals surface area contributed by atoms with Gasteiger partial charge in [0.1, 0.15) is 6.54 Å². The van der Waals surface area contributed by atoms with Gasteiger partial charge in [-0.05, 0) is 62.4 Å². The molecule has 33 heavy (non-hydrogen) atoms. The van der Waals surface area contributed by atoms with Crippen molar-refractivity contribution >= 4 is 21.6 Å². The second-order valence-corrected chi connectivity index (χ2v) is 10.2. The van der Waals surface area contributed by atoms with Crippen LogP contribution in [-0.4, -0.2) is 59.2 Å². The zero-order valence-corrected chi connectivity index (χ0v) is 20.2. The van der Waals surface area contributed by atoms with Crippen molar-refractivity contribution in [3.05, 3.63) is 66.6 Å². The summed E-state index contributed by atoms with van der Waals surface area (Å²) < 4.78 is 29.3. The van der Waals surface area contributed by atoms with Gasteiger partial charge in [0.2, 0.25) is 15.9 Å². The minimum absolute atomic E-state index is 0.128. The first kappa shape index (κ1) is 24.6. The minimum Gasteiger partial charge on any atom is -0.339 e. The molecule has 1 amide bonds. The SMILES string of the molecule is Cc1c(C)c(C)c(S(=O)(=O)N2CCN(C(=O)Cn3cc([N+](=O)[O-])ccc3=O)CC2)c(C)c1C. The van der Waals surface area contributed by atoms with E-state index in [9.17, 15) is 28.1 Å². The van der Waals surface area contributed by atoms with Crippen LogP contribution >= 0.6 is 0 Å². The van der Waals surface area contributed by atoms with Crippen LogP contribution in [0, 0.1) is 44.7 Å². The summed E-state index contributed by atoms with van der Waals surface area (Å²) >= 11 is 0. The maximum Gasteiger partial charge on any atom is 0.285 e. The van der Waals surface area contributed by atoms with Crippen LogP contribution in [0.25, 0.3) is 0 Å². The van der Waals surface area contributed by atoms with Gasteiger partial charge in [-0.1, -0.05) is 0 Å². The first-order valence-electron chi connectivity index (χ1n) is 10.6. The Hall–Kier alpha value is -3.05. The Morgan fingerprint density at radius 3 is 1.97 bits per heavy atom. The quantitative estimate of drug-likeness (QED) is 0.479. The number of hydrogen-bond acceptors (Lipinski definition) is 6. The highest BCUT2D eigenvalue weighted by atomic mass is 32.2. The van der Waals surface area contributed by atoms with E-state index in [1.165, 1.54) is 9.21 Å². The van der Waals surface area contributed by atoms with Crippen molar-refractivity contribution in [1.82, 2.24) is 13.8 Å². The maximum absolute atomic E-state index is 13.5. The van der Waals surface area contributed by atoms with E-state index in [0.717, 1.165) is 50.7 Å². The van der Waals surface area contributed by atoms with Crippen LogP contribution in [0.5, 0.6) is 0 Å². The van der Waals surface area contributed by atoms with Crippen LogP contribution in [0.2, 0.25) is 0 Å². The van der Waals surface area contributed by atoms with Crippen LogP contribution in [-0.2, 0) is 21.4 Å². The van der Waals surface area contributed by atoms with E-state index < -0.39 is 26.4 Å². The van der Waals surface area contributed by atoms with Crippen LogP contribution in [0.1, 0.15) is 27.8 Å². The zero-order valence-electron chi connectivity index (χ0n) is 19.4. The number of carbonyl (C=O) groups excluding carboxylic acids is 1. The lowest BCUT2D eigenvalue weighted by Gasteiger charge is -2.35. The number of piperazine rings is 1. The monoisotopic (exact) mass is 476 g/mol. The Bertz CT molecular complexity index is 1260. The van der Waals surface area contributed by atoms with Gasteiger partial charge in [-0.3, -0.25) is 24.3 Å². The first-order chi connectivity index (χ1) is 15.4. The molecular formula is C22H28N4O6S. The van der Waals surface area contributed by atoms with Gasteiger partial charge in [0.25, 0.3) is 11.2 Å². The van der Waals surface area contributed by atoms with E-state index in [2.05, 4.69) is 0 Å². The fourth-order valence-electron chi connectivity index (χ4n) is 4.16. The van der Waals surface area contributed by atoms with E-state index in [4.69, 9.17) is 0 Å². The second-order valence-electron chi connectivity index (χ2n) is 8.35. The van der Waals surface area contributed by atoms with E-state index >= 15 is 0 Å². The first-order valence-corrected chi connectivity index (χ1v) is 12.0. The largest absolute Gasteiger partial charge is 0.339 e. The molecule has 10 nitrogen and oxygen atoms in total. The van der Waals surface area contributed by atoms with Crippen molar-refractivity contribution in [3.63, 3.8) is 0 Å². The molecule has 3 rings (SSSR count). The molecule has 1 aliphatic heterocycles. The summed E-state index contributed by atoms with van der Waals surface area (Å²) in [5, 5.41) is 10.9. The molecular weight excluding hydrogens is 448 g/mol. The van der Waals surface area contributed by atoms with Crippen LogP contribution in [0.15, 0.2) is 28.0 Å². The van der Waals surface area contributed by atoms with Crippen molar-refractivity contribution in [3.8, 4) is 0 Å². The minimum atomic E-state index is -3.75. The number of pyridine rings is 1. The standard InChI is InChI=1S/C22H28N4O6S/c1-14-15(2)17(4)22(18(5)16(14)3)33(31,32)25-10-8-23(9-11-25)21(28)13-24-12-19(26(29)30)6-7-20(24)27/h6-7,12H,8-11,13H2,1-5H3. The molecule has 0 saturated carbocycles. The van der Waals surface area contributed by atoms with Crippen molar-refractivity contribution in [1.29, 1.82) is 0 Å². The molecule has 1 aromatic carbocycles. The Labute approximate surface area is 192 Å². The van der Waals surface area contributed by atoms with E-state index in [1.54, 1.807) is 0 Å². The molecule has 0 atom stereocenters. The Morgan fingerprint density at radius 2 is 1.45 bits per heavy atom. The third-order valence-corrected chi connectivity index (χ3v) is 8.78. The van der Waals surface area contributed by atoms with Crippen molar-refractivity contribution < 1.29 is 18.1 Å². The lowest BCUT2D eigenvalue weighted by molar-refractivity contribution is -0.385. The third kappa shape index (κ3) is 4.55. The summed E-state index contributed by atoms with van der Waals surface area (Å²) in [6.07, 6.45) is 1.04. The Morgan fingerprint density at radius 1 is 0.939 bits per heavy atom. The van der Waals surface area contributed by atoms with E-state index in [1.807, 2.05) is 34.6 Å². The molecule has 1 saturated heterocycles. The van der Waals surface area contributed by atoms with Crippen LogP contribution in [0.3, 0.4) is 0 Å². The second kappa shape index (κ2) is 9.06. The van der Waals surface area contributed by atoms with Crippen molar-refractivity contribution in [2.75, 3.05) is 26.2 Å². The smallest absolute Gasteiger partial charge is 0.285 e. The van der Waals surface area contributed by atoms with Gasteiger partial charge in [0.15, 0.2) is 0 Å². The number of aromatic nitrogens is 1. The van der Waals surface area contributed by atoms with Gasteiger partial charge < -0.3 is 4.90 Å². The summed E-state index contributed by atoms with van der Waals surface area (Å²) in [6, 6.07) is 2.14. The van der Waals surface area contributed by atoms with Gasteiger partial charge in [-0.2, -0.15) is 4.31 Å². The van der Waals surface area contributed by atoms with Crippen LogP contribution in [0.4, 0.5) is 5.69 Å². The normalized spacial score (nSPS) is 15.0. The molecule has 1 aliphatic rings. The average Bonchev–Trinajstić information content (AvgIpc) is 2.77. The van der Waals surface area contributed by atoms with Gasteiger partial charge >= 0.3 is 0 Å². The molecule has 1 fully saturated rings. The van der Waals surface area contributed by atoms with Crippen molar-refractivity contribution in [2.24, 2.45) is 0 Å². The lowest BCUT2D eigenvalue weighted by atomic mass is 9.95. The molecule has 1 aromatic heterocycles. The number of sulfonamides is 1. The highest BCUT2D eigenvalue weighted by molar-refractivity contribution is 7.89. The molecule has 0 unspecified atom stereocenters.